The zero-order valence-electron chi connectivity index (χ0n) is 29.3. The first-order valence-corrected chi connectivity index (χ1v) is 18.0. The fraction of sp³-hybridized carbons (Fsp3) is 0.286. The van der Waals surface area contributed by atoms with Crippen molar-refractivity contribution in [2.75, 3.05) is 52.6 Å². The van der Waals surface area contributed by atoms with Crippen LogP contribution in [0.4, 0.5) is 0 Å². The maximum absolute atomic E-state index is 13.4. The standard InChI is InChI=1S/C42H44N6O4/c49-41(45-43-29-35-17-15-33(27-31-9-3-1-4-10-31)39(35)47-19-23-51-24-20-47)37-13-7-8-14-38(37)42(50)46-44-30-36-18-16-34(28-32-11-5-2-6-12-32)40(36)48-21-25-52-26-22-48/h1-14,27-30H,15-26H2,(H,45,49)(H,46,50)/b33-27+,34-28+,43-29+,44-30+. The Balaban J connectivity index is 1.05. The van der Waals surface area contributed by atoms with Crippen molar-refractivity contribution in [1.29, 1.82) is 0 Å². The molecule has 0 atom stereocenters. The Hall–Kier alpha value is -5.58. The van der Waals surface area contributed by atoms with E-state index in [0.717, 1.165) is 85.5 Å². The minimum atomic E-state index is -0.471. The average Bonchev–Trinajstić information content (AvgIpc) is 3.79. The Morgan fingerprint density at radius 2 is 0.923 bits per heavy atom. The molecule has 266 valence electrons. The predicted octanol–water partition coefficient (Wildman–Crippen LogP) is 6.05. The van der Waals surface area contributed by atoms with Gasteiger partial charge in [0.05, 0.1) is 50.0 Å². The molecule has 0 saturated carbocycles. The van der Waals surface area contributed by atoms with Gasteiger partial charge < -0.3 is 19.3 Å². The number of nitrogens with zero attached hydrogens (tertiary/aromatic N) is 4. The fourth-order valence-corrected chi connectivity index (χ4v) is 7.18. The van der Waals surface area contributed by atoms with Crippen molar-refractivity contribution < 1.29 is 19.1 Å². The molecule has 0 bridgehead atoms. The Labute approximate surface area is 304 Å². The van der Waals surface area contributed by atoms with Crippen molar-refractivity contribution in [3.8, 4) is 0 Å². The van der Waals surface area contributed by atoms with Gasteiger partial charge in [-0.15, -0.1) is 0 Å². The number of nitrogens with one attached hydrogen (secondary N) is 2. The van der Waals surface area contributed by atoms with Crippen molar-refractivity contribution in [2.24, 2.45) is 10.2 Å². The van der Waals surface area contributed by atoms with Crippen LogP contribution in [0.1, 0.15) is 57.5 Å². The van der Waals surface area contributed by atoms with Gasteiger partial charge in [0.15, 0.2) is 0 Å². The second-order valence-electron chi connectivity index (χ2n) is 13.1. The largest absolute Gasteiger partial charge is 0.378 e. The summed E-state index contributed by atoms with van der Waals surface area (Å²) in [7, 11) is 0. The lowest BCUT2D eigenvalue weighted by molar-refractivity contribution is 0.0548. The predicted molar refractivity (Wildman–Crippen MR) is 205 cm³/mol. The van der Waals surface area contributed by atoms with Gasteiger partial charge in [0.2, 0.25) is 0 Å². The molecule has 4 aliphatic rings. The number of amides is 2. The second kappa shape index (κ2) is 17.1. The average molecular weight is 697 g/mol. The van der Waals surface area contributed by atoms with Crippen molar-refractivity contribution in [1.82, 2.24) is 20.7 Å². The number of allylic oxidation sites excluding steroid dienone is 4. The first-order valence-electron chi connectivity index (χ1n) is 18.0. The van der Waals surface area contributed by atoms with Crippen LogP contribution in [0.15, 0.2) is 129 Å². The van der Waals surface area contributed by atoms with Gasteiger partial charge in [0.1, 0.15) is 0 Å². The number of rotatable bonds is 10. The lowest BCUT2D eigenvalue weighted by Gasteiger charge is -2.31. The Morgan fingerprint density at radius 3 is 1.33 bits per heavy atom. The summed E-state index contributed by atoms with van der Waals surface area (Å²) in [4.78, 5) is 31.5. The first kappa shape index (κ1) is 34.9. The van der Waals surface area contributed by atoms with E-state index < -0.39 is 11.8 Å². The van der Waals surface area contributed by atoms with Gasteiger partial charge in [-0.3, -0.25) is 9.59 Å². The first-order chi connectivity index (χ1) is 25.6. The van der Waals surface area contributed by atoms with E-state index in [-0.39, 0.29) is 11.1 Å². The molecule has 3 aromatic carbocycles. The fourth-order valence-electron chi connectivity index (χ4n) is 7.18. The van der Waals surface area contributed by atoms with Crippen LogP contribution in [0, 0.1) is 0 Å². The number of carbonyl (C=O) groups excluding carboxylic acids is 2. The monoisotopic (exact) mass is 696 g/mol. The number of morpholine rings is 2. The van der Waals surface area contributed by atoms with Gasteiger partial charge in [-0.25, -0.2) is 10.9 Å². The van der Waals surface area contributed by atoms with Crippen LogP contribution >= 0.6 is 0 Å². The summed E-state index contributed by atoms with van der Waals surface area (Å²) in [5, 5.41) is 8.73. The van der Waals surface area contributed by atoms with E-state index in [0.29, 0.717) is 26.4 Å². The maximum Gasteiger partial charge on any atom is 0.272 e. The van der Waals surface area contributed by atoms with Crippen molar-refractivity contribution in [3.63, 3.8) is 0 Å². The van der Waals surface area contributed by atoms with E-state index >= 15 is 0 Å². The summed E-state index contributed by atoms with van der Waals surface area (Å²) in [6.45, 7) is 5.88. The van der Waals surface area contributed by atoms with Crippen LogP contribution in [0.25, 0.3) is 12.2 Å². The van der Waals surface area contributed by atoms with E-state index in [9.17, 15) is 9.59 Å². The molecule has 2 amide bonds. The van der Waals surface area contributed by atoms with Crippen LogP contribution in [0.2, 0.25) is 0 Å². The third kappa shape index (κ3) is 8.47. The van der Waals surface area contributed by atoms with Crippen molar-refractivity contribution in [2.45, 2.75) is 25.7 Å². The van der Waals surface area contributed by atoms with Crippen LogP contribution in [-0.4, -0.2) is 86.6 Å². The summed E-state index contributed by atoms with van der Waals surface area (Å²) in [5.74, 6) is -0.942. The highest BCUT2D eigenvalue weighted by Crippen LogP contribution is 2.36. The van der Waals surface area contributed by atoms with Gasteiger partial charge >= 0.3 is 0 Å². The van der Waals surface area contributed by atoms with E-state index in [1.807, 2.05) is 36.4 Å². The Kier molecular flexibility index (Phi) is 11.5. The van der Waals surface area contributed by atoms with Gasteiger partial charge in [0.25, 0.3) is 11.8 Å². The molecular formula is C42H44N6O4. The molecular weight excluding hydrogens is 652 g/mol. The number of hydrogen-bond acceptors (Lipinski definition) is 8. The van der Waals surface area contributed by atoms with Crippen molar-refractivity contribution >= 4 is 36.4 Å². The quantitative estimate of drug-likeness (QED) is 0.198. The zero-order chi connectivity index (χ0) is 35.5. The van der Waals surface area contributed by atoms with Gasteiger partial charge in [-0.05, 0) is 83.4 Å². The molecule has 2 aliphatic carbocycles. The van der Waals surface area contributed by atoms with Crippen LogP contribution < -0.4 is 10.9 Å². The molecule has 7 rings (SSSR count). The molecule has 0 unspecified atom stereocenters. The third-order valence-corrected chi connectivity index (χ3v) is 9.67. The molecule has 2 heterocycles. The summed E-state index contributed by atoms with van der Waals surface area (Å²) in [6.07, 6.45) is 11.3. The maximum atomic E-state index is 13.4. The zero-order valence-corrected chi connectivity index (χ0v) is 29.3. The third-order valence-electron chi connectivity index (χ3n) is 9.67. The SMILES string of the molecule is O=C(N/N=C/C1=C(N2CCOCC2)C(=C/c2ccccc2)/CC1)c1ccccc1C(=O)N/N=C/C1=C(N2CCOCC2)C(=C/c2ccccc2)/CC1. The second-order valence-corrected chi connectivity index (χ2v) is 13.1. The molecule has 0 spiro atoms. The summed E-state index contributed by atoms with van der Waals surface area (Å²) >= 11 is 0. The van der Waals surface area contributed by atoms with Crippen molar-refractivity contribution in [3.05, 3.63) is 141 Å². The lowest BCUT2D eigenvalue weighted by Crippen LogP contribution is -2.36. The number of hydrazone groups is 2. The van der Waals surface area contributed by atoms with Gasteiger partial charge in [0, 0.05) is 37.6 Å². The minimum absolute atomic E-state index is 0.216. The molecule has 2 fully saturated rings. The molecule has 2 N–H and O–H groups in total. The molecule has 0 radical (unpaired) electrons. The number of ether oxygens (including phenoxy) is 2. The number of benzene rings is 3. The van der Waals surface area contributed by atoms with Gasteiger partial charge in [-0.1, -0.05) is 72.8 Å². The topological polar surface area (TPSA) is 108 Å². The summed E-state index contributed by atoms with van der Waals surface area (Å²) < 4.78 is 11.2. The van der Waals surface area contributed by atoms with E-state index in [1.54, 1.807) is 36.7 Å². The Bertz CT molecular complexity index is 1790. The van der Waals surface area contributed by atoms with E-state index in [1.165, 1.54) is 11.1 Å². The smallest absolute Gasteiger partial charge is 0.272 e. The molecule has 2 saturated heterocycles. The minimum Gasteiger partial charge on any atom is -0.378 e. The molecule has 52 heavy (non-hydrogen) atoms. The normalized spacial score (nSPS) is 19.8. The molecule has 2 aliphatic heterocycles. The number of carbonyl (C=O) groups is 2. The van der Waals surface area contributed by atoms with Gasteiger partial charge in [-0.2, -0.15) is 10.2 Å². The number of hydrogen-bond donors (Lipinski definition) is 2. The van der Waals surface area contributed by atoms with Crippen LogP contribution in [0.5, 0.6) is 0 Å². The molecule has 10 nitrogen and oxygen atoms in total. The summed E-state index contributed by atoms with van der Waals surface area (Å²) in [5.41, 5.74) is 15.0. The lowest BCUT2D eigenvalue weighted by atomic mass is 10.1. The highest BCUT2D eigenvalue weighted by molar-refractivity contribution is 6.07. The highest BCUT2D eigenvalue weighted by atomic mass is 16.5. The highest BCUT2D eigenvalue weighted by Gasteiger charge is 2.27. The van der Waals surface area contributed by atoms with Crippen LogP contribution in [-0.2, 0) is 9.47 Å². The molecule has 10 heteroatoms. The molecule has 3 aromatic rings. The van der Waals surface area contributed by atoms with Crippen LogP contribution in [0.3, 0.4) is 0 Å². The van der Waals surface area contributed by atoms with E-state index in [4.69, 9.17) is 9.47 Å². The molecule has 0 aromatic heterocycles. The van der Waals surface area contributed by atoms with E-state index in [2.05, 4.69) is 67.3 Å². The summed E-state index contributed by atoms with van der Waals surface area (Å²) in [6, 6.07) is 27.3. The Morgan fingerprint density at radius 1 is 0.538 bits per heavy atom.